The Hall–Kier alpha value is -2.14. The number of aromatic nitrogens is 2. The predicted molar refractivity (Wildman–Crippen MR) is 96.2 cm³/mol. The van der Waals surface area contributed by atoms with Crippen LogP contribution in [-0.2, 0) is 6.42 Å². The van der Waals surface area contributed by atoms with Gasteiger partial charge in [0.2, 0.25) is 0 Å². The molecule has 0 unspecified atom stereocenters. The Balaban J connectivity index is 2.16. The van der Waals surface area contributed by atoms with E-state index in [0.717, 1.165) is 27.1 Å². The van der Waals surface area contributed by atoms with Gasteiger partial charge in [-0.1, -0.05) is 25.1 Å². The molecular weight excluding hydrogens is 354 g/mol. The molecule has 0 bridgehead atoms. The molecule has 0 aliphatic rings. The largest absolute Gasteiger partial charge is 0.310 e. The van der Waals surface area contributed by atoms with E-state index in [9.17, 15) is 4.79 Å². The van der Waals surface area contributed by atoms with Crippen molar-refractivity contribution in [3.05, 3.63) is 64.0 Å². The molecule has 2 heterocycles. The third kappa shape index (κ3) is 2.77. The second-order valence-corrected chi connectivity index (χ2v) is 6.41. The Labute approximate surface area is 143 Å². The van der Waals surface area contributed by atoms with Crippen molar-refractivity contribution >= 4 is 33.2 Å². The normalized spacial score (nSPS) is 11.0. The van der Waals surface area contributed by atoms with Crippen molar-refractivity contribution < 1.29 is 4.79 Å². The number of nitrogens with zero attached hydrogens (tertiary/aromatic N) is 3. The number of amides is 1. The fraction of sp³-hybridized carbons (Fsp3) is 0.222. The second-order valence-electron chi connectivity index (χ2n) is 5.50. The number of halogens is 1. The molecule has 4 nitrogen and oxygen atoms in total. The van der Waals surface area contributed by atoms with Crippen LogP contribution in [0.2, 0.25) is 0 Å². The zero-order valence-electron chi connectivity index (χ0n) is 13.4. The number of hydrogen-bond donors (Lipinski definition) is 0. The third-order valence-electron chi connectivity index (χ3n) is 3.93. The van der Waals surface area contributed by atoms with Gasteiger partial charge in [-0.2, -0.15) is 0 Å². The Morgan fingerprint density at radius 2 is 2.00 bits per heavy atom. The average molecular weight is 372 g/mol. The lowest BCUT2D eigenvalue weighted by Crippen LogP contribution is -2.28. The van der Waals surface area contributed by atoms with Crippen molar-refractivity contribution in [2.45, 2.75) is 20.3 Å². The molecule has 3 aromatic rings. The number of benzene rings is 1. The van der Waals surface area contributed by atoms with Crippen LogP contribution in [0, 0.1) is 6.92 Å². The van der Waals surface area contributed by atoms with Gasteiger partial charge in [-0.15, -0.1) is 0 Å². The van der Waals surface area contributed by atoms with Gasteiger partial charge in [0.25, 0.3) is 5.91 Å². The molecule has 0 aliphatic heterocycles. The van der Waals surface area contributed by atoms with Crippen LogP contribution in [0.3, 0.4) is 0 Å². The molecule has 5 heteroatoms. The molecule has 0 saturated carbocycles. The van der Waals surface area contributed by atoms with Crippen LogP contribution in [0.4, 0.5) is 5.69 Å². The monoisotopic (exact) mass is 371 g/mol. The second kappa shape index (κ2) is 6.16. The highest BCUT2D eigenvalue weighted by atomic mass is 79.9. The molecule has 0 saturated heterocycles. The number of fused-ring (bicyclic) bond motifs is 1. The SMILES string of the molecule is CCc1nc2c(C)cc(Br)cn2c1C(=O)N(C)c1ccccc1. The number of anilines is 1. The highest BCUT2D eigenvalue weighted by Gasteiger charge is 2.23. The van der Waals surface area contributed by atoms with Crippen LogP contribution in [0.25, 0.3) is 5.65 Å². The summed E-state index contributed by atoms with van der Waals surface area (Å²) >= 11 is 3.51. The summed E-state index contributed by atoms with van der Waals surface area (Å²) in [6.07, 6.45) is 2.61. The van der Waals surface area contributed by atoms with Crippen molar-refractivity contribution in [1.29, 1.82) is 0 Å². The average Bonchev–Trinajstić information content (AvgIpc) is 2.93. The zero-order chi connectivity index (χ0) is 16.6. The van der Waals surface area contributed by atoms with Gasteiger partial charge in [0.1, 0.15) is 11.3 Å². The van der Waals surface area contributed by atoms with Crippen LogP contribution in [0.15, 0.2) is 47.1 Å². The highest BCUT2D eigenvalue weighted by Crippen LogP contribution is 2.23. The maximum atomic E-state index is 13.1. The van der Waals surface area contributed by atoms with E-state index in [2.05, 4.69) is 20.9 Å². The lowest BCUT2D eigenvalue weighted by atomic mass is 10.2. The standard InChI is InChI=1S/C18H18BrN3O/c1-4-15-16(18(23)21(3)14-8-6-5-7-9-14)22-11-13(19)10-12(2)17(22)20-15/h5-11H,4H2,1-3H3. The Kier molecular flexibility index (Phi) is 4.22. The summed E-state index contributed by atoms with van der Waals surface area (Å²) in [7, 11) is 1.79. The quantitative estimate of drug-likeness (QED) is 0.690. The van der Waals surface area contributed by atoms with E-state index in [0.29, 0.717) is 12.1 Å². The summed E-state index contributed by atoms with van der Waals surface area (Å²) in [5.41, 5.74) is 4.17. The molecule has 0 aliphatic carbocycles. The van der Waals surface area contributed by atoms with Crippen molar-refractivity contribution in [3.8, 4) is 0 Å². The van der Waals surface area contributed by atoms with E-state index in [1.165, 1.54) is 0 Å². The van der Waals surface area contributed by atoms with Gasteiger partial charge in [-0.25, -0.2) is 4.98 Å². The van der Waals surface area contributed by atoms with Gasteiger partial charge in [-0.3, -0.25) is 9.20 Å². The summed E-state index contributed by atoms with van der Waals surface area (Å²) in [5.74, 6) is -0.0574. The van der Waals surface area contributed by atoms with Crippen LogP contribution in [-0.4, -0.2) is 22.3 Å². The fourth-order valence-corrected chi connectivity index (χ4v) is 3.26. The molecule has 0 radical (unpaired) electrons. The summed E-state index contributed by atoms with van der Waals surface area (Å²) in [4.78, 5) is 19.4. The first kappa shape index (κ1) is 15.7. The summed E-state index contributed by atoms with van der Waals surface area (Å²) < 4.78 is 2.82. The van der Waals surface area contributed by atoms with E-state index in [1.807, 2.05) is 60.8 Å². The third-order valence-corrected chi connectivity index (χ3v) is 4.36. The smallest absolute Gasteiger partial charge is 0.276 e. The molecule has 0 N–H and O–H groups in total. The first-order chi connectivity index (χ1) is 11.0. The lowest BCUT2D eigenvalue weighted by Gasteiger charge is -2.17. The van der Waals surface area contributed by atoms with Crippen LogP contribution < -0.4 is 4.90 Å². The van der Waals surface area contributed by atoms with Crippen LogP contribution in [0.5, 0.6) is 0 Å². The Morgan fingerprint density at radius 3 is 2.65 bits per heavy atom. The zero-order valence-corrected chi connectivity index (χ0v) is 15.0. The van der Waals surface area contributed by atoms with Gasteiger partial charge in [0.05, 0.1) is 5.69 Å². The first-order valence-corrected chi connectivity index (χ1v) is 8.32. The molecule has 0 spiro atoms. The molecule has 1 amide bonds. The lowest BCUT2D eigenvalue weighted by molar-refractivity contribution is 0.0986. The number of carbonyl (C=O) groups excluding carboxylic acids is 1. The molecule has 1 aromatic carbocycles. The Morgan fingerprint density at radius 1 is 1.30 bits per heavy atom. The Bertz CT molecular complexity index is 871. The maximum Gasteiger partial charge on any atom is 0.276 e. The highest BCUT2D eigenvalue weighted by molar-refractivity contribution is 9.10. The summed E-state index contributed by atoms with van der Waals surface area (Å²) in [5, 5.41) is 0. The van der Waals surface area contributed by atoms with Gasteiger partial charge < -0.3 is 4.90 Å². The van der Waals surface area contributed by atoms with Crippen LogP contribution in [0.1, 0.15) is 28.7 Å². The minimum atomic E-state index is -0.0574. The number of aryl methyl sites for hydroxylation is 2. The van der Waals surface area contributed by atoms with E-state index >= 15 is 0 Å². The summed E-state index contributed by atoms with van der Waals surface area (Å²) in [6.45, 7) is 4.02. The maximum absolute atomic E-state index is 13.1. The van der Waals surface area contributed by atoms with Crippen molar-refractivity contribution in [2.24, 2.45) is 0 Å². The number of imidazole rings is 1. The van der Waals surface area contributed by atoms with E-state index in [1.54, 1.807) is 11.9 Å². The number of pyridine rings is 1. The molecule has 3 rings (SSSR count). The number of carbonyl (C=O) groups is 1. The van der Waals surface area contributed by atoms with E-state index < -0.39 is 0 Å². The van der Waals surface area contributed by atoms with Crippen molar-refractivity contribution in [3.63, 3.8) is 0 Å². The van der Waals surface area contributed by atoms with Gasteiger partial charge >= 0.3 is 0 Å². The topological polar surface area (TPSA) is 37.6 Å². The van der Waals surface area contributed by atoms with Crippen molar-refractivity contribution in [2.75, 3.05) is 11.9 Å². The molecule has 118 valence electrons. The number of hydrogen-bond acceptors (Lipinski definition) is 2. The van der Waals surface area contributed by atoms with Gasteiger partial charge in [-0.05, 0) is 53.0 Å². The number of para-hydroxylation sites is 1. The van der Waals surface area contributed by atoms with E-state index in [4.69, 9.17) is 0 Å². The van der Waals surface area contributed by atoms with Gasteiger partial charge in [0, 0.05) is 23.4 Å². The molecule has 0 atom stereocenters. The van der Waals surface area contributed by atoms with Gasteiger partial charge in [0.15, 0.2) is 0 Å². The first-order valence-electron chi connectivity index (χ1n) is 7.53. The van der Waals surface area contributed by atoms with Crippen LogP contribution >= 0.6 is 15.9 Å². The minimum Gasteiger partial charge on any atom is -0.310 e. The minimum absolute atomic E-state index is 0.0574. The fourth-order valence-electron chi connectivity index (χ4n) is 2.72. The number of rotatable bonds is 3. The molecule has 23 heavy (non-hydrogen) atoms. The molecular formula is C18H18BrN3O. The predicted octanol–water partition coefficient (Wildman–Crippen LogP) is 4.24. The van der Waals surface area contributed by atoms with E-state index in [-0.39, 0.29) is 5.91 Å². The summed E-state index contributed by atoms with van der Waals surface area (Å²) in [6, 6.07) is 11.6. The molecule has 2 aromatic heterocycles. The molecule has 0 fully saturated rings. The van der Waals surface area contributed by atoms with Crippen molar-refractivity contribution in [1.82, 2.24) is 9.38 Å².